The van der Waals surface area contributed by atoms with E-state index < -0.39 is 17.2 Å². The van der Waals surface area contributed by atoms with Crippen LogP contribution in [-0.2, 0) is 0 Å². The molecule has 2 aliphatic rings. The highest BCUT2D eigenvalue weighted by atomic mass is 19.1. The van der Waals surface area contributed by atoms with E-state index in [0.717, 1.165) is 12.8 Å². The maximum atomic E-state index is 14.6. The van der Waals surface area contributed by atoms with Crippen molar-refractivity contribution in [3.8, 4) is 0 Å². The number of fused-ring (bicyclic) bond motifs is 2. The van der Waals surface area contributed by atoms with Gasteiger partial charge in [0.25, 0.3) is 0 Å². The van der Waals surface area contributed by atoms with E-state index in [1.807, 2.05) is 4.90 Å². The van der Waals surface area contributed by atoms with Crippen LogP contribution in [0.4, 0.5) is 10.1 Å². The number of benzene rings is 1. The van der Waals surface area contributed by atoms with Gasteiger partial charge in [-0.2, -0.15) is 0 Å². The second kappa shape index (κ2) is 5.50. The molecule has 0 spiro atoms. The molecule has 1 aliphatic heterocycles. The normalized spacial score (nSPS) is 17.5. The molecule has 5 rings (SSSR count). The van der Waals surface area contributed by atoms with Crippen molar-refractivity contribution in [3.63, 3.8) is 0 Å². The zero-order valence-corrected chi connectivity index (χ0v) is 14.4. The van der Waals surface area contributed by atoms with Gasteiger partial charge < -0.3 is 20.3 Å². The highest BCUT2D eigenvalue weighted by molar-refractivity contribution is 5.97. The molecule has 0 radical (unpaired) electrons. The zero-order valence-electron chi connectivity index (χ0n) is 14.4. The Labute approximate surface area is 152 Å². The fourth-order valence-electron chi connectivity index (χ4n) is 3.68. The predicted octanol–water partition coefficient (Wildman–Crippen LogP) is 1.87. The van der Waals surface area contributed by atoms with Crippen molar-refractivity contribution in [3.05, 3.63) is 46.0 Å². The number of carbonyl (C=O) groups is 1. The molecule has 27 heavy (non-hydrogen) atoms. The minimum Gasteiger partial charge on any atom is -0.477 e. The molecule has 0 atom stereocenters. The largest absolute Gasteiger partial charge is 0.477 e. The molecule has 1 saturated carbocycles. The summed E-state index contributed by atoms with van der Waals surface area (Å²) in [7, 11) is 0. The lowest BCUT2D eigenvalue weighted by molar-refractivity contribution is 0.0695. The third-order valence-corrected chi connectivity index (χ3v) is 5.29. The van der Waals surface area contributed by atoms with Crippen LogP contribution in [0.3, 0.4) is 0 Å². The molecule has 3 aromatic rings. The van der Waals surface area contributed by atoms with Crippen LogP contribution in [0.15, 0.2) is 29.2 Å². The molecule has 1 aliphatic carbocycles. The number of anilines is 1. The fourth-order valence-corrected chi connectivity index (χ4v) is 3.68. The summed E-state index contributed by atoms with van der Waals surface area (Å²) in [5, 5.41) is 10.0. The Morgan fingerprint density at radius 2 is 2.00 bits per heavy atom. The quantitative estimate of drug-likeness (QED) is 0.685. The van der Waals surface area contributed by atoms with Gasteiger partial charge >= 0.3 is 5.97 Å². The molecule has 0 bridgehead atoms. The van der Waals surface area contributed by atoms with Gasteiger partial charge in [-0.1, -0.05) is 0 Å². The van der Waals surface area contributed by atoms with Crippen LogP contribution >= 0.6 is 0 Å². The molecule has 1 saturated heterocycles. The van der Waals surface area contributed by atoms with Crippen molar-refractivity contribution >= 4 is 33.6 Å². The summed E-state index contributed by atoms with van der Waals surface area (Å²) < 4.78 is 16.3. The van der Waals surface area contributed by atoms with Gasteiger partial charge in [0.05, 0.1) is 16.6 Å². The van der Waals surface area contributed by atoms with Gasteiger partial charge in [0.2, 0.25) is 5.43 Å². The van der Waals surface area contributed by atoms with Gasteiger partial charge in [0.1, 0.15) is 17.0 Å². The Balaban J connectivity index is 1.78. The maximum absolute atomic E-state index is 14.6. The molecule has 2 aromatic heterocycles. The third-order valence-electron chi connectivity index (χ3n) is 5.29. The number of carboxylic acid groups (broad SMARTS) is 1. The summed E-state index contributed by atoms with van der Waals surface area (Å²) in [6, 6.07) is 4.74. The first-order chi connectivity index (χ1) is 12.9. The number of nitrogens with zero attached hydrogens (tertiary/aromatic N) is 3. The van der Waals surface area contributed by atoms with Gasteiger partial charge in [-0.3, -0.25) is 4.79 Å². The lowest BCUT2D eigenvalue weighted by atomic mass is 10.1. The van der Waals surface area contributed by atoms with E-state index >= 15 is 0 Å². The van der Waals surface area contributed by atoms with Crippen LogP contribution in [-0.4, -0.2) is 39.8 Å². The Morgan fingerprint density at radius 1 is 1.26 bits per heavy atom. The van der Waals surface area contributed by atoms with Crippen molar-refractivity contribution < 1.29 is 14.3 Å². The van der Waals surface area contributed by atoms with Gasteiger partial charge in [-0.15, -0.1) is 0 Å². The number of aromatic nitrogens is 2. The highest BCUT2D eigenvalue weighted by Gasteiger charge is 2.29. The minimum absolute atomic E-state index is 0.0409. The Kier molecular flexibility index (Phi) is 3.30. The maximum Gasteiger partial charge on any atom is 0.341 e. The number of halogens is 1. The number of rotatable bonds is 3. The third kappa shape index (κ3) is 2.48. The summed E-state index contributed by atoms with van der Waals surface area (Å²) in [5.74, 6) is -1.68. The summed E-state index contributed by atoms with van der Waals surface area (Å²) in [6.07, 6.45) is 3.20. The first kappa shape index (κ1) is 16.2. The number of hydrogen-bond acceptors (Lipinski definition) is 5. The number of hydrogen-bond donors (Lipinski definition) is 2. The van der Waals surface area contributed by atoms with E-state index in [0.29, 0.717) is 35.3 Å². The topological polar surface area (TPSA) is 101 Å². The molecule has 2 fully saturated rings. The number of carboxylic acids is 1. The standard InChI is InChI=1S/C19H17FN4O3/c20-14-4-9-3-12-17(25)13(19(26)27)8-24(11-1-2-11)18(12)22-15(9)5-16(14)23-6-10(21)7-23/h3-5,8,10-11H,1-2,6-7,21H2,(H,26,27). The Morgan fingerprint density at radius 3 is 2.63 bits per heavy atom. The van der Waals surface area contributed by atoms with Crippen molar-refractivity contribution in [2.45, 2.75) is 24.9 Å². The molecular formula is C19H17FN4O3. The number of nitrogens with two attached hydrogens (primary N) is 1. The Bertz CT molecular complexity index is 1180. The molecule has 1 aromatic carbocycles. The van der Waals surface area contributed by atoms with E-state index in [-0.39, 0.29) is 23.0 Å². The summed E-state index contributed by atoms with van der Waals surface area (Å²) >= 11 is 0. The highest BCUT2D eigenvalue weighted by Crippen LogP contribution is 2.37. The first-order valence-electron chi connectivity index (χ1n) is 8.85. The number of aromatic carboxylic acids is 1. The predicted molar refractivity (Wildman–Crippen MR) is 98.9 cm³/mol. The van der Waals surface area contributed by atoms with Crippen molar-refractivity contribution in [1.82, 2.24) is 9.55 Å². The zero-order chi connectivity index (χ0) is 18.9. The van der Waals surface area contributed by atoms with Gasteiger partial charge in [-0.25, -0.2) is 14.2 Å². The second-order valence-electron chi connectivity index (χ2n) is 7.34. The molecular weight excluding hydrogens is 351 g/mol. The fraction of sp³-hybridized carbons (Fsp3) is 0.316. The second-order valence-corrected chi connectivity index (χ2v) is 7.34. The lowest BCUT2D eigenvalue weighted by Crippen LogP contribution is -2.56. The molecule has 0 unspecified atom stereocenters. The molecule has 3 N–H and O–H groups in total. The van der Waals surface area contributed by atoms with E-state index in [9.17, 15) is 19.1 Å². The monoisotopic (exact) mass is 368 g/mol. The van der Waals surface area contributed by atoms with Crippen molar-refractivity contribution in [2.24, 2.45) is 5.73 Å². The molecule has 138 valence electrons. The molecule has 3 heterocycles. The average molecular weight is 368 g/mol. The van der Waals surface area contributed by atoms with Crippen LogP contribution in [0.1, 0.15) is 29.2 Å². The van der Waals surface area contributed by atoms with Crippen LogP contribution in [0, 0.1) is 5.82 Å². The van der Waals surface area contributed by atoms with E-state index in [1.165, 1.54) is 12.3 Å². The van der Waals surface area contributed by atoms with Crippen molar-refractivity contribution in [1.29, 1.82) is 0 Å². The van der Waals surface area contributed by atoms with Crippen LogP contribution < -0.4 is 16.1 Å². The summed E-state index contributed by atoms with van der Waals surface area (Å²) in [6.45, 7) is 1.18. The summed E-state index contributed by atoms with van der Waals surface area (Å²) in [4.78, 5) is 30.5. The Hall–Kier alpha value is -3.00. The first-order valence-corrected chi connectivity index (χ1v) is 8.85. The van der Waals surface area contributed by atoms with E-state index in [1.54, 1.807) is 16.7 Å². The van der Waals surface area contributed by atoms with Gasteiger partial charge in [0.15, 0.2) is 0 Å². The van der Waals surface area contributed by atoms with E-state index in [4.69, 9.17) is 5.73 Å². The smallest absolute Gasteiger partial charge is 0.341 e. The van der Waals surface area contributed by atoms with Crippen LogP contribution in [0.2, 0.25) is 0 Å². The molecule has 7 nitrogen and oxygen atoms in total. The van der Waals surface area contributed by atoms with Crippen LogP contribution in [0.25, 0.3) is 21.9 Å². The minimum atomic E-state index is -1.27. The van der Waals surface area contributed by atoms with E-state index in [2.05, 4.69) is 4.98 Å². The lowest BCUT2D eigenvalue weighted by Gasteiger charge is -2.39. The SMILES string of the molecule is NC1CN(c2cc3nc4c(cc3cc2F)c(=O)c(C(=O)O)cn4C2CC2)C1. The molecule has 0 amide bonds. The average Bonchev–Trinajstić information content (AvgIpc) is 3.42. The van der Waals surface area contributed by atoms with Crippen LogP contribution in [0.5, 0.6) is 0 Å². The van der Waals surface area contributed by atoms with Gasteiger partial charge in [-0.05, 0) is 31.0 Å². The summed E-state index contributed by atoms with van der Waals surface area (Å²) in [5.41, 5.74) is 6.36. The van der Waals surface area contributed by atoms with Crippen molar-refractivity contribution in [2.75, 3.05) is 18.0 Å². The molecule has 8 heteroatoms. The van der Waals surface area contributed by atoms with Gasteiger partial charge in [0, 0.05) is 36.8 Å². The number of pyridine rings is 2.